The van der Waals surface area contributed by atoms with Crippen molar-refractivity contribution in [3.05, 3.63) is 47.5 Å². The largest absolute Gasteiger partial charge is 0.486 e. The molecule has 1 unspecified atom stereocenters. The number of amides is 1. The van der Waals surface area contributed by atoms with Gasteiger partial charge in [-0.25, -0.2) is 19.2 Å². The van der Waals surface area contributed by atoms with Crippen LogP contribution in [0.3, 0.4) is 0 Å². The Bertz CT molecular complexity index is 1200. The molecule has 3 aromatic rings. The molecule has 0 radical (unpaired) electrons. The van der Waals surface area contributed by atoms with Crippen LogP contribution in [-0.2, 0) is 4.74 Å². The van der Waals surface area contributed by atoms with Gasteiger partial charge in [-0.2, -0.15) is 0 Å². The Morgan fingerprint density at radius 1 is 1.27 bits per heavy atom. The Morgan fingerprint density at radius 2 is 2.12 bits per heavy atom. The Hall–Kier alpha value is -3.37. The average Bonchev–Trinajstić information content (AvgIpc) is 3.26. The van der Waals surface area contributed by atoms with E-state index in [1.165, 1.54) is 23.4 Å². The molecule has 11 heteroatoms. The number of aromatic nitrogens is 2. The van der Waals surface area contributed by atoms with Gasteiger partial charge in [-0.05, 0) is 24.3 Å². The van der Waals surface area contributed by atoms with Crippen LogP contribution in [0.25, 0.3) is 10.9 Å². The number of hydrogen-bond donors (Lipinski definition) is 3. The Morgan fingerprint density at radius 3 is 2.85 bits per heavy atom. The highest BCUT2D eigenvalue weighted by molar-refractivity contribution is 6.31. The van der Waals surface area contributed by atoms with Crippen molar-refractivity contribution in [2.75, 3.05) is 36.9 Å². The molecule has 0 saturated carbocycles. The predicted octanol–water partition coefficient (Wildman–Crippen LogP) is 4.11. The maximum Gasteiger partial charge on any atom is 0.407 e. The molecule has 3 N–H and O–H groups in total. The van der Waals surface area contributed by atoms with E-state index in [-0.39, 0.29) is 17.2 Å². The van der Waals surface area contributed by atoms with E-state index in [9.17, 15) is 9.18 Å². The third kappa shape index (κ3) is 4.57. The zero-order chi connectivity index (χ0) is 22.9. The van der Waals surface area contributed by atoms with E-state index < -0.39 is 11.9 Å². The quantitative estimate of drug-likeness (QED) is 0.491. The minimum atomic E-state index is -0.941. The second-order valence-electron chi connectivity index (χ2n) is 7.97. The molecular formula is C22H21ClFN5O4. The van der Waals surface area contributed by atoms with Crippen LogP contribution in [-0.4, -0.2) is 64.5 Å². The molecule has 2 fully saturated rings. The van der Waals surface area contributed by atoms with Crippen molar-refractivity contribution in [1.29, 1.82) is 0 Å². The monoisotopic (exact) mass is 473 g/mol. The van der Waals surface area contributed by atoms with Crippen LogP contribution in [0.2, 0.25) is 5.02 Å². The maximum atomic E-state index is 13.5. The van der Waals surface area contributed by atoms with Gasteiger partial charge in [-0.15, -0.1) is 0 Å². The van der Waals surface area contributed by atoms with Crippen LogP contribution in [0.1, 0.15) is 6.42 Å². The van der Waals surface area contributed by atoms with Crippen LogP contribution in [0, 0.1) is 5.82 Å². The van der Waals surface area contributed by atoms with Gasteiger partial charge in [-0.1, -0.05) is 11.6 Å². The molecule has 1 amide bonds. The number of benzene rings is 2. The highest BCUT2D eigenvalue weighted by atomic mass is 35.5. The van der Waals surface area contributed by atoms with Crippen LogP contribution >= 0.6 is 11.6 Å². The fraction of sp³-hybridized carbons (Fsp3) is 0.318. The molecule has 2 saturated heterocycles. The Labute approximate surface area is 193 Å². The molecule has 1 aromatic heterocycles. The smallest absolute Gasteiger partial charge is 0.407 e. The van der Waals surface area contributed by atoms with Gasteiger partial charge >= 0.3 is 6.09 Å². The van der Waals surface area contributed by atoms with Crippen molar-refractivity contribution in [2.24, 2.45) is 0 Å². The van der Waals surface area contributed by atoms with Crippen molar-refractivity contribution in [3.8, 4) is 5.75 Å². The number of likely N-dealkylation sites (tertiary alicyclic amines) is 1. The molecule has 172 valence electrons. The molecule has 3 heterocycles. The number of rotatable bonds is 6. The summed E-state index contributed by atoms with van der Waals surface area (Å²) in [4.78, 5) is 21.2. The molecule has 0 aliphatic carbocycles. The second kappa shape index (κ2) is 8.87. The van der Waals surface area contributed by atoms with Gasteiger partial charge in [-0.3, -0.25) is 0 Å². The first-order chi connectivity index (χ1) is 16.0. The highest BCUT2D eigenvalue weighted by Gasteiger charge is 2.31. The molecule has 5 rings (SSSR count). The minimum Gasteiger partial charge on any atom is -0.486 e. The van der Waals surface area contributed by atoms with Gasteiger partial charge in [0.25, 0.3) is 0 Å². The summed E-state index contributed by atoms with van der Waals surface area (Å²) in [7, 11) is 0. The first-order valence-electron chi connectivity index (χ1n) is 10.5. The fourth-order valence-electron chi connectivity index (χ4n) is 3.84. The number of carbonyl (C=O) groups is 1. The summed E-state index contributed by atoms with van der Waals surface area (Å²) in [5.74, 6) is 0.623. The third-order valence-electron chi connectivity index (χ3n) is 5.61. The third-order valence-corrected chi connectivity index (χ3v) is 5.90. The van der Waals surface area contributed by atoms with Gasteiger partial charge < -0.3 is 30.1 Å². The first-order valence-corrected chi connectivity index (χ1v) is 10.8. The molecule has 2 aliphatic heterocycles. The van der Waals surface area contributed by atoms with E-state index in [1.54, 1.807) is 6.07 Å². The van der Waals surface area contributed by atoms with Crippen LogP contribution in [0.4, 0.5) is 26.4 Å². The predicted molar refractivity (Wildman–Crippen MR) is 121 cm³/mol. The topological polar surface area (TPSA) is 109 Å². The molecule has 2 aliphatic rings. The number of ether oxygens (including phenoxy) is 2. The molecule has 0 spiro atoms. The first kappa shape index (κ1) is 21.5. The van der Waals surface area contributed by atoms with Crippen molar-refractivity contribution >= 4 is 45.8 Å². The zero-order valence-corrected chi connectivity index (χ0v) is 18.2. The van der Waals surface area contributed by atoms with Crippen LogP contribution < -0.4 is 15.4 Å². The van der Waals surface area contributed by atoms with E-state index >= 15 is 0 Å². The summed E-state index contributed by atoms with van der Waals surface area (Å²) in [6, 6.07) is 7.99. The van der Waals surface area contributed by atoms with Crippen LogP contribution in [0.15, 0.2) is 36.7 Å². The number of anilines is 3. The fourth-order valence-corrected chi connectivity index (χ4v) is 4.02. The summed E-state index contributed by atoms with van der Waals surface area (Å²) >= 11 is 5.91. The van der Waals surface area contributed by atoms with Gasteiger partial charge in [0, 0.05) is 36.7 Å². The number of nitrogens with one attached hydrogen (secondary N) is 2. The van der Waals surface area contributed by atoms with E-state index in [4.69, 9.17) is 26.2 Å². The molecular weight excluding hydrogens is 453 g/mol. The van der Waals surface area contributed by atoms with Crippen LogP contribution in [0.5, 0.6) is 5.75 Å². The van der Waals surface area contributed by atoms with Gasteiger partial charge in [0.1, 0.15) is 29.8 Å². The molecule has 1 atom stereocenters. The maximum absolute atomic E-state index is 13.5. The average molecular weight is 474 g/mol. The van der Waals surface area contributed by atoms with Gasteiger partial charge in [0.2, 0.25) is 0 Å². The standard InChI is InChI=1S/C22H21ClFN5O4/c23-16-5-12(1-2-17(16)24)28-21-15-6-19(27-13-8-29(9-13)22(30)31)20(7-18(15)25-11-26-21)33-14-3-4-32-10-14/h1-2,5-7,11,13-14,27H,3-4,8-10H2,(H,30,31)(H,25,26,28). The lowest BCUT2D eigenvalue weighted by atomic mass is 10.1. The van der Waals surface area contributed by atoms with Crippen molar-refractivity contribution < 1.29 is 23.8 Å². The minimum absolute atomic E-state index is 0.00292. The summed E-state index contributed by atoms with van der Waals surface area (Å²) < 4.78 is 25.1. The number of halogens is 2. The van der Waals surface area contributed by atoms with Gasteiger partial charge in [0.15, 0.2) is 0 Å². The molecule has 2 aromatic carbocycles. The number of carboxylic acid groups (broad SMARTS) is 1. The number of nitrogens with zero attached hydrogens (tertiary/aromatic N) is 3. The van der Waals surface area contributed by atoms with E-state index in [1.807, 2.05) is 12.1 Å². The SMILES string of the molecule is O=C(O)N1CC(Nc2cc3c(Nc4ccc(F)c(Cl)c4)ncnc3cc2OC2CCOC2)C1. The lowest BCUT2D eigenvalue weighted by Crippen LogP contribution is -2.56. The van der Waals surface area contributed by atoms with Gasteiger partial charge in [0.05, 0.1) is 35.5 Å². The molecule has 9 nitrogen and oxygen atoms in total. The zero-order valence-electron chi connectivity index (χ0n) is 17.4. The molecule has 0 bridgehead atoms. The molecule has 33 heavy (non-hydrogen) atoms. The summed E-state index contributed by atoms with van der Waals surface area (Å²) in [6.45, 7) is 1.91. The summed E-state index contributed by atoms with van der Waals surface area (Å²) in [6.07, 6.45) is 1.21. The van der Waals surface area contributed by atoms with Crippen molar-refractivity contribution in [3.63, 3.8) is 0 Å². The van der Waals surface area contributed by atoms with E-state index in [2.05, 4.69) is 20.6 Å². The van der Waals surface area contributed by atoms with E-state index in [0.29, 0.717) is 60.1 Å². The summed E-state index contributed by atoms with van der Waals surface area (Å²) in [5, 5.41) is 16.4. The lowest BCUT2D eigenvalue weighted by Gasteiger charge is -2.38. The van der Waals surface area contributed by atoms with Crippen molar-refractivity contribution in [1.82, 2.24) is 14.9 Å². The lowest BCUT2D eigenvalue weighted by molar-refractivity contribution is 0.111. The van der Waals surface area contributed by atoms with Crippen molar-refractivity contribution in [2.45, 2.75) is 18.6 Å². The van der Waals surface area contributed by atoms with E-state index in [0.717, 1.165) is 6.42 Å². The number of hydrogen-bond acceptors (Lipinski definition) is 7. The second-order valence-corrected chi connectivity index (χ2v) is 8.38. The normalized spacial score (nSPS) is 18.2. The number of fused-ring (bicyclic) bond motifs is 1. The Kier molecular flexibility index (Phi) is 5.77. The highest BCUT2D eigenvalue weighted by Crippen LogP contribution is 2.36. The Balaban J connectivity index is 1.47. The summed E-state index contributed by atoms with van der Waals surface area (Å²) in [5.41, 5.74) is 1.94.